The molecule has 1 atom stereocenters. The van der Waals surface area contributed by atoms with E-state index in [9.17, 15) is 13.2 Å². The van der Waals surface area contributed by atoms with Gasteiger partial charge in [-0.1, -0.05) is 19.1 Å². The highest BCUT2D eigenvalue weighted by atomic mass is 19.4. The predicted molar refractivity (Wildman–Crippen MR) is 67.2 cm³/mol. The van der Waals surface area contributed by atoms with Crippen molar-refractivity contribution in [3.05, 3.63) is 29.8 Å². The van der Waals surface area contributed by atoms with Gasteiger partial charge in [-0.15, -0.1) is 0 Å². The molecule has 0 radical (unpaired) electrons. The summed E-state index contributed by atoms with van der Waals surface area (Å²) >= 11 is 0. The molecule has 0 bridgehead atoms. The van der Waals surface area contributed by atoms with Gasteiger partial charge in [0.05, 0.1) is 6.54 Å². The zero-order valence-corrected chi connectivity index (χ0v) is 10.7. The largest absolute Gasteiger partial charge is 0.401 e. The molecule has 0 aliphatic rings. The van der Waals surface area contributed by atoms with Gasteiger partial charge in [0.25, 0.3) is 0 Å². The lowest BCUT2D eigenvalue weighted by Crippen LogP contribution is -2.36. The lowest BCUT2D eigenvalue weighted by molar-refractivity contribution is -0.150. The summed E-state index contributed by atoms with van der Waals surface area (Å²) in [6.07, 6.45) is -3.49. The Morgan fingerprint density at radius 2 is 2.00 bits per heavy atom. The van der Waals surface area contributed by atoms with E-state index in [0.717, 1.165) is 5.56 Å². The zero-order chi connectivity index (χ0) is 13.8. The van der Waals surface area contributed by atoms with Crippen LogP contribution in [0.2, 0.25) is 0 Å². The van der Waals surface area contributed by atoms with Crippen molar-refractivity contribution in [3.8, 4) is 0 Å². The fourth-order valence-corrected chi connectivity index (χ4v) is 1.96. The van der Waals surface area contributed by atoms with Crippen molar-refractivity contribution in [3.63, 3.8) is 0 Å². The van der Waals surface area contributed by atoms with E-state index in [1.54, 1.807) is 31.2 Å². The minimum absolute atomic E-state index is 0.296. The summed E-state index contributed by atoms with van der Waals surface area (Å²) in [7, 11) is 0. The van der Waals surface area contributed by atoms with Crippen LogP contribution in [0.3, 0.4) is 0 Å². The second kappa shape index (κ2) is 6.09. The van der Waals surface area contributed by atoms with Crippen LogP contribution < -0.4 is 5.73 Å². The number of anilines is 1. The molecule has 102 valence electrons. The average molecular weight is 260 g/mol. The molecular formula is C13H19F3N2. The van der Waals surface area contributed by atoms with E-state index < -0.39 is 12.7 Å². The van der Waals surface area contributed by atoms with Gasteiger partial charge in [0, 0.05) is 11.7 Å². The molecule has 0 saturated heterocycles. The number of halogens is 3. The zero-order valence-electron chi connectivity index (χ0n) is 10.7. The van der Waals surface area contributed by atoms with Gasteiger partial charge in [0.1, 0.15) is 0 Å². The molecule has 0 aromatic heterocycles. The van der Waals surface area contributed by atoms with Crippen LogP contribution in [0.15, 0.2) is 24.3 Å². The van der Waals surface area contributed by atoms with Crippen LogP contribution >= 0.6 is 0 Å². The molecule has 1 aromatic carbocycles. The van der Waals surface area contributed by atoms with E-state index in [0.29, 0.717) is 18.7 Å². The maximum atomic E-state index is 12.5. The molecule has 0 aliphatic carbocycles. The number of alkyl halides is 3. The summed E-state index contributed by atoms with van der Waals surface area (Å²) in [5.41, 5.74) is 7.04. The maximum Gasteiger partial charge on any atom is 0.401 e. The highest BCUT2D eigenvalue weighted by Gasteiger charge is 2.32. The summed E-state index contributed by atoms with van der Waals surface area (Å²) < 4.78 is 37.6. The smallest absolute Gasteiger partial charge is 0.399 e. The summed E-state index contributed by atoms with van der Waals surface area (Å²) in [4.78, 5) is 1.43. The van der Waals surface area contributed by atoms with E-state index >= 15 is 0 Å². The Balaban J connectivity index is 2.85. The molecular weight excluding hydrogens is 241 g/mol. The third kappa shape index (κ3) is 4.56. The lowest BCUT2D eigenvalue weighted by Gasteiger charge is -2.30. The number of rotatable bonds is 5. The molecule has 2 nitrogen and oxygen atoms in total. The number of hydrogen-bond donors (Lipinski definition) is 1. The Hall–Kier alpha value is -1.23. The number of nitrogens with zero attached hydrogens (tertiary/aromatic N) is 1. The van der Waals surface area contributed by atoms with Crippen LogP contribution in [0.4, 0.5) is 18.9 Å². The molecule has 1 unspecified atom stereocenters. The van der Waals surface area contributed by atoms with Crippen molar-refractivity contribution in [1.29, 1.82) is 0 Å². The number of nitrogens with two attached hydrogens (primary N) is 1. The third-order valence-corrected chi connectivity index (χ3v) is 2.83. The van der Waals surface area contributed by atoms with Crippen molar-refractivity contribution in [2.75, 3.05) is 18.8 Å². The lowest BCUT2D eigenvalue weighted by atomic mass is 10.1. The Morgan fingerprint density at radius 3 is 2.50 bits per heavy atom. The fourth-order valence-electron chi connectivity index (χ4n) is 1.96. The Bertz CT molecular complexity index is 377. The second-order valence-corrected chi connectivity index (χ2v) is 4.43. The number of benzene rings is 1. The summed E-state index contributed by atoms with van der Waals surface area (Å²) in [5.74, 6) is 0. The first-order valence-corrected chi connectivity index (χ1v) is 5.99. The highest BCUT2D eigenvalue weighted by molar-refractivity contribution is 5.41. The minimum Gasteiger partial charge on any atom is -0.399 e. The van der Waals surface area contributed by atoms with E-state index in [1.165, 1.54) is 4.90 Å². The predicted octanol–water partition coefficient (Wildman–Crippen LogP) is 3.60. The van der Waals surface area contributed by atoms with Crippen molar-refractivity contribution < 1.29 is 13.2 Å². The number of nitrogen functional groups attached to an aromatic ring is 1. The first-order valence-electron chi connectivity index (χ1n) is 5.99. The van der Waals surface area contributed by atoms with E-state index in [2.05, 4.69) is 0 Å². The molecule has 5 heteroatoms. The molecule has 0 fully saturated rings. The molecule has 0 heterocycles. The quantitative estimate of drug-likeness (QED) is 0.819. The summed E-state index contributed by atoms with van der Waals surface area (Å²) in [6.45, 7) is 3.16. The molecule has 0 aliphatic heterocycles. The highest BCUT2D eigenvalue weighted by Crippen LogP contribution is 2.26. The maximum absolute atomic E-state index is 12.5. The van der Waals surface area contributed by atoms with Crippen LogP contribution in [0.1, 0.15) is 31.9 Å². The standard InChI is InChI=1S/C13H19F3N2/c1-3-7-18(9-13(14,15)16)10(2)11-5-4-6-12(17)8-11/h4-6,8,10H,3,7,9,17H2,1-2H3. The average Bonchev–Trinajstić information content (AvgIpc) is 2.26. The Labute approximate surface area is 106 Å². The second-order valence-electron chi connectivity index (χ2n) is 4.43. The van der Waals surface area contributed by atoms with E-state index in [1.807, 2.05) is 6.92 Å². The van der Waals surface area contributed by atoms with Gasteiger partial charge in [-0.2, -0.15) is 13.2 Å². The van der Waals surface area contributed by atoms with Gasteiger partial charge >= 0.3 is 6.18 Å². The van der Waals surface area contributed by atoms with Gasteiger partial charge in [0.15, 0.2) is 0 Å². The topological polar surface area (TPSA) is 29.3 Å². The molecule has 2 N–H and O–H groups in total. The van der Waals surface area contributed by atoms with Gasteiger partial charge in [0.2, 0.25) is 0 Å². The SMILES string of the molecule is CCCN(CC(F)(F)F)C(C)c1cccc(N)c1. The van der Waals surface area contributed by atoms with Crippen molar-refractivity contribution >= 4 is 5.69 Å². The van der Waals surface area contributed by atoms with Gasteiger partial charge in [-0.05, 0) is 37.6 Å². The van der Waals surface area contributed by atoms with Crippen LogP contribution in [0, 0.1) is 0 Å². The first-order chi connectivity index (χ1) is 8.33. The van der Waals surface area contributed by atoms with Crippen molar-refractivity contribution in [2.45, 2.75) is 32.5 Å². The van der Waals surface area contributed by atoms with E-state index in [4.69, 9.17) is 5.73 Å². The molecule has 0 saturated carbocycles. The summed E-state index contributed by atoms with van der Waals surface area (Å²) in [5, 5.41) is 0. The Morgan fingerprint density at radius 1 is 1.33 bits per heavy atom. The van der Waals surface area contributed by atoms with Crippen molar-refractivity contribution in [2.24, 2.45) is 0 Å². The van der Waals surface area contributed by atoms with Gasteiger partial charge in [-0.3, -0.25) is 4.90 Å². The first kappa shape index (κ1) is 14.8. The molecule has 1 rings (SSSR count). The monoisotopic (exact) mass is 260 g/mol. The fraction of sp³-hybridized carbons (Fsp3) is 0.538. The summed E-state index contributed by atoms with van der Waals surface area (Å²) in [6, 6.07) is 6.72. The molecule has 0 spiro atoms. The number of hydrogen-bond acceptors (Lipinski definition) is 2. The van der Waals surface area contributed by atoms with Gasteiger partial charge in [-0.25, -0.2) is 0 Å². The molecule has 1 aromatic rings. The normalized spacial score (nSPS) is 13.9. The van der Waals surface area contributed by atoms with Crippen molar-refractivity contribution in [1.82, 2.24) is 4.90 Å². The van der Waals surface area contributed by atoms with Crippen LogP contribution in [-0.2, 0) is 0 Å². The van der Waals surface area contributed by atoms with Gasteiger partial charge < -0.3 is 5.73 Å². The Kier molecular flexibility index (Phi) is 5.02. The molecule has 18 heavy (non-hydrogen) atoms. The van der Waals surface area contributed by atoms with Crippen LogP contribution in [0.5, 0.6) is 0 Å². The van der Waals surface area contributed by atoms with Crippen LogP contribution in [0.25, 0.3) is 0 Å². The van der Waals surface area contributed by atoms with E-state index in [-0.39, 0.29) is 6.04 Å². The third-order valence-electron chi connectivity index (χ3n) is 2.83. The minimum atomic E-state index is -4.18. The molecule has 0 amide bonds. The van der Waals surface area contributed by atoms with Crippen LogP contribution in [-0.4, -0.2) is 24.2 Å².